The van der Waals surface area contributed by atoms with Crippen LogP contribution in [0, 0.1) is 0 Å². The summed E-state index contributed by atoms with van der Waals surface area (Å²) in [5.41, 5.74) is 0. The molecule has 0 aromatic heterocycles. The molecular formula is C5H12Cl2Si. The van der Waals surface area contributed by atoms with E-state index < -0.39 is 7.42 Å². The minimum absolute atomic E-state index is 1.08. The fourth-order valence-electron chi connectivity index (χ4n) is 0.549. The molecule has 0 bridgehead atoms. The van der Waals surface area contributed by atoms with E-state index in [1.165, 1.54) is 19.3 Å². The van der Waals surface area contributed by atoms with Gasteiger partial charge in [-0.1, -0.05) is 26.2 Å². The highest BCUT2D eigenvalue weighted by Crippen LogP contribution is 2.08. The minimum atomic E-state index is -1.26. The van der Waals surface area contributed by atoms with Crippen molar-refractivity contribution in [3.8, 4) is 0 Å². The first kappa shape index (κ1) is 8.80. The lowest BCUT2D eigenvalue weighted by Crippen LogP contribution is -1.89. The van der Waals surface area contributed by atoms with Crippen LogP contribution in [-0.2, 0) is 0 Å². The molecule has 0 fully saturated rings. The zero-order valence-electron chi connectivity index (χ0n) is 5.16. The van der Waals surface area contributed by atoms with Gasteiger partial charge in [-0.2, -0.15) is 22.2 Å². The second kappa shape index (κ2) is 5.93. The van der Waals surface area contributed by atoms with Crippen molar-refractivity contribution in [3.63, 3.8) is 0 Å². The molecule has 0 aliphatic heterocycles. The lowest BCUT2D eigenvalue weighted by Gasteiger charge is -1.94. The molecule has 3 heteroatoms. The number of unbranched alkanes of at least 4 members (excludes halogenated alkanes) is 2. The summed E-state index contributed by atoms with van der Waals surface area (Å²) in [6.45, 7) is 2.18. The Labute approximate surface area is 62.2 Å². The van der Waals surface area contributed by atoms with Gasteiger partial charge in [-0.05, 0) is 6.04 Å². The van der Waals surface area contributed by atoms with Gasteiger partial charge in [0.2, 0.25) is 7.42 Å². The SMILES string of the molecule is CCCCC[SiH](Cl)Cl. The lowest BCUT2D eigenvalue weighted by molar-refractivity contribution is 0.769. The van der Waals surface area contributed by atoms with Gasteiger partial charge >= 0.3 is 0 Å². The Morgan fingerprint density at radius 3 is 2.25 bits per heavy atom. The van der Waals surface area contributed by atoms with Crippen LogP contribution in [0.25, 0.3) is 0 Å². The van der Waals surface area contributed by atoms with Crippen molar-refractivity contribution in [1.29, 1.82) is 0 Å². The summed E-state index contributed by atoms with van der Waals surface area (Å²) >= 11 is 11.2. The Morgan fingerprint density at radius 1 is 1.25 bits per heavy atom. The highest BCUT2D eigenvalue weighted by molar-refractivity contribution is 7.33. The fourth-order valence-corrected chi connectivity index (χ4v) is 2.07. The second-order valence-corrected chi connectivity index (χ2v) is 7.08. The molecule has 0 heterocycles. The minimum Gasteiger partial charge on any atom is -0.150 e. The Hall–Kier alpha value is 0.797. The van der Waals surface area contributed by atoms with E-state index in [1.807, 2.05) is 0 Å². The molecule has 50 valence electrons. The van der Waals surface area contributed by atoms with Gasteiger partial charge in [0, 0.05) is 0 Å². The normalized spacial score (nSPS) is 10.5. The standard InChI is InChI=1S/C5H12Cl2Si/c1-2-3-4-5-8(6)7/h8H,2-5H2,1H3. The van der Waals surface area contributed by atoms with E-state index in [-0.39, 0.29) is 0 Å². The zero-order valence-corrected chi connectivity index (χ0v) is 7.83. The summed E-state index contributed by atoms with van der Waals surface area (Å²) in [5.74, 6) is 0. The van der Waals surface area contributed by atoms with Crippen molar-refractivity contribution in [2.45, 2.75) is 32.2 Å². The molecule has 0 nitrogen and oxygen atoms in total. The molecule has 0 atom stereocenters. The van der Waals surface area contributed by atoms with Gasteiger partial charge in [0.15, 0.2) is 0 Å². The van der Waals surface area contributed by atoms with Crippen molar-refractivity contribution >= 4 is 29.6 Å². The average molecular weight is 171 g/mol. The maximum Gasteiger partial charge on any atom is 0.237 e. The first-order valence-electron chi connectivity index (χ1n) is 3.05. The molecule has 0 N–H and O–H groups in total. The monoisotopic (exact) mass is 170 g/mol. The summed E-state index contributed by atoms with van der Waals surface area (Å²) in [4.78, 5) is 0. The second-order valence-electron chi connectivity index (χ2n) is 1.89. The first-order valence-corrected chi connectivity index (χ1v) is 7.36. The highest BCUT2D eigenvalue weighted by Gasteiger charge is 1.98. The van der Waals surface area contributed by atoms with Crippen molar-refractivity contribution in [3.05, 3.63) is 0 Å². The van der Waals surface area contributed by atoms with E-state index in [1.54, 1.807) is 0 Å². The Kier molecular flexibility index (Phi) is 6.52. The van der Waals surface area contributed by atoms with E-state index in [4.69, 9.17) is 22.2 Å². The molecule has 0 radical (unpaired) electrons. The zero-order chi connectivity index (χ0) is 6.41. The van der Waals surface area contributed by atoms with Gasteiger partial charge in [0.1, 0.15) is 0 Å². The van der Waals surface area contributed by atoms with E-state index in [0.29, 0.717) is 0 Å². The Bertz CT molecular complexity index is 47.7. The molecule has 0 aliphatic rings. The van der Waals surface area contributed by atoms with E-state index in [9.17, 15) is 0 Å². The van der Waals surface area contributed by atoms with Crippen LogP contribution in [0.1, 0.15) is 26.2 Å². The number of halogens is 2. The van der Waals surface area contributed by atoms with Crippen LogP contribution in [0.2, 0.25) is 6.04 Å². The first-order chi connectivity index (χ1) is 3.77. The average Bonchev–Trinajstić information content (AvgIpc) is 1.66. The van der Waals surface area contributed by atoms with Gasteiger partial charge in [-0.25, -0.2) is 0 Å². The quantitative estimate of drug-likeness (QED) is 0.346. The molecule has 8 heavy (non-hydrogen) atoms. The van der Waals surface area contributed by atoms with Crippen molar-refractivity contribution in [1.82, 2.24) is 0 Å². The summed E-state index contributed by atoms with van der Waals surface area (Å²) in [5, 5.41) is 0. The van der Waals surface area contributed by atoms with Crippen LogP contribution in [-0.4, -0.2) is 7.42 Å². The fraction of sp³-hybridized carbons (Fsp3) is 1.00. The topological polar surface area (TPSA) is 0 Å². The summed E-state index contributed by atoms with van der Waals surface area (Å²) < 4.78 is 0. The molecule has 0 rings (SSSR count). The van der Waals surface area contributed by atoms with Gasteiger partial charge < -0.3 is 0 Å². The molecule has 0 saturated carbocycles. The molecule has 0 amide bonds. The van der Waals surface area contributed by atoms with Gasteiger partial charge in [-0.15, -0.1) is 0 Å². The molecule has 0 spiro atoms. The van der Waals surface area contributed by atoms with Gasteiger partial charge in [0.05, 0.1) is 0 Å². The third-order valence-electron chi connectivity index (χ3n) is 1.03. The van der Waals surface area contributed by atoms with Crippen LogP contribution in [0.4, 0.5) is 0 Å². The summed E-state index contributed by atoms with van der Waals surface area (Å²) in [6.07, 6.45) is 3.76. The smallest absolute Gasteiger partial charge is 0.150 e. The van der Waals surface area contributed by atoms with Crippen LogP contribution < -0.4 is 0 Å². The molecule has 0 saturated heterocycles. The van der Waals surface area contributed by atoms with Gasteiger partial charge in [0.25, 0.3) is 0 Å². The third-order valence-corrected chi connectivity index (χ3v) is 3.18. The maximum atomic E-state index is 5.62. The van der Waals surface area contributed by atoms with Crippen LogP contribution in [0.15, 0.2) is 0 Å². The van der Waals surface area contributed by atoms with E-state index in [0.717, 1.165) is 6.04 Å². The number of rotatable bonds is 4. The third kappa shape index (κ3) is 6.80. The van der Waals surface area contributed by atoms with E-state index >= 15 is 0 Å². The molecule has 0 aliphatic carbocycles. The molecule has 0 aromatic carbocycles. The number of hydrogen-bond acceptors (Lipinski definition) is 0. The van der Waals surface area contributed by atoms with Crippen molar-refractivity contribution in [2.75, 3.05) is 0 Å². The van der Waals surface area contributed by atoms with Crippen LogP contribution in [0.5, 0.6) is 0 Å². The predicted molar refractivity (Wildman–Crippen MR) is 43.2 cm³/mol. The lowest BCUT2D eigenvalue weighted by atomic mass is 10.3. The van der Waals surface area contributed by atoms with Gasteiger partial charge in [-0.3, -0.25) is 0 Å². The van der Waals surface area contributed by atoms with Crippen LogP contribution in [0.3, 0.4) is 0 Å². The summed E-state index contributed by atoms with van der Waals surface area (Å²) in [7, 11) is -1.26. The Balaban J connectivity index is 2.72. The maximum absolute atomic E-state index is 5.62. The van der Waals surface area contributed by atoms with Crippen molar-refractivity contribution < 1.29 is 0 Å². The predicted octanol–water partition coefficient (Wildman–Crippen LogP) is 2.87. The van der Waals surface area contributed by atoms with Crippen LogP contribution >= 0.6 is 22.2 Å². The van der Waals surface area contributed by atoms with E-state index in [2.05, 4.69) is 6.92 Å². The highest BCUT2D eigenvalue weighted by atomic mass is 35.7. The van der Waals surface area contributed by atoms with Crippen molar-refractivity contribution in [2.24, 2.45) is 0 Å². The molecule has 0 aromatic rings. The molecule has 0 unspecified atom stereocenters. The largest absolute Gasteiger partial charge is 0.237 e. The summed E-state index contributed by atoms with van der Waals surface area (Å²) in [6, 6.07) is 1.08. The molecular weight excluding hydrogens is 159 g/mol. The Morgan fingerprint density at radius 2 is 1.88 bits per heavy atom. The number of hydrogen-bond donors (Lipinski definition) is 0.